The minimum Gasteiger partial charge on any atom is -0.368 e. The normalized spacial score (nSPS) is 15.9. The molecule has 0 unspecified atom stereocenters. The van der Waals surface area contributed by atoms with E-state index in [4.69, 9.17) is 0 Å². The molecule has 0 spiro atoms. The third-order valence-electron chi connectivity index (χ3n) is 5.23. The number of hydrogen-bond acceptors (Lipinski definition) is 6. The molecular weight excluding hydrogens is 376 g/mol. The lowest BCUT2D eigenvalue weighted by molar-refractivity contribution is 0.109. The lowest BCUT2D eigenvalue weighted by Gasteiger charge is -2.37. The molecule has 0 amide bonds. The fourth-order valence-electron chi connectivity index (χ4n) is 3.79. The fraction of sp³-hybridized carbons (Fsp3) is 0.350. The second-order valence-electron chi connectivity index (χ2n) is 7.21. The van der Waals surface area contributed by atoms with Crippen molar-refractivity contribution in [3.63, 3.8) is 0 Å². The topological polar surface area (TPSA) is 83.5 Å². The number of halogens is 2. The Bertz CT molecular complexity index is 1080. The van der Waals surface area contributed by atoms with Crippen LogP contribution in [0.4, 0.5) is 14.5 Å². The predicted octanol–water partition coefficient (Wildman–Crippen LogP) is 3.06. The van der Waals surface area contributed by atoms with Crippen LogP contribution in [-0.2, 0) is 12.7 Å². The van der Waals surface area contributed by atoms with Gasteiger partial charge in [0.15, 0.2) is 11.5 Å². The summed E-state index contributed by atoms with van der Waals surface area (Å²) in [5.41, 5.74) is 1.30. The SMILES string of the molecule is Cc1cc(C#N)c(N2CCC(F)(c3nncn3C)CC2)c(-c2ccc(F)nc2)n1. The van der Waals surface area contributed by atoms with Crippen molar-refractivity contribution in [1.82, 2.24) is 24.7 Å². The highest BCUT2D eigenvalue weighted by Crippen LogP contribution is 2.40. The molecule has 0 radical (unpaired) electrons. The third kappa shape index (κ3) is 3.42. The Morgan fingerprint density at radius 3 is 2.59 bits per heavy atom. The Balaban J connectivity index is 1.71. The Labute approximate surface area is 166 Å². The molecule has 4 rings (SSSR count). The van der Waals surface area contributed by atoms with Crippen LogP contribution in [0.1, 0.15) is 29.9 Å². The first-order valence-electron chi connectivity index (χ1n) is 9.23. The summed E-state index contributed by atoms with van der Waals surface area (Å²) in [6.07, 6.45) is 3.30. The number of nitrogens with zero attached hydrogens (tertiary/aromatic N) is 7. The number of anilines is 1. The summed E-state index contributed by atoms with van der Waals surface area (Å²) in [6, 6.07) is 6.76. The largest absolute Gasteiger partial charge is 0.368 e. The molecule has 0 saturated carbocycles. The number of aromatic nitrogens is 5. The summed E-state index contributed by atoms with van der Waals surface area (Å²) in [5, 5.41) is 17.4. The number of piperidine rings is 1. The van der Waals surface area contributed by atoms with E-state index in [-0.39, 0.29) is 12.8 Å². The Morgan fingerprint density at radius 2 is 2.00 bits per heavy atom. The summed E-state index contributed by atoms with van der Waals surface area (Å²) < 4.78 is 30.4. The molecule has 0 bridgehead atoms. The van der Waals surface area contributed by atoms with E-state index in [9.17, 15) is 9.65 Å². The van der Waals surface area contributed by atoms with Crippen molar-refractivity contribution in [3.8, 4) is 17.3 Å². The molecule has 7 nitrogen and oxygen atoms in total. The van der Waals surface area contributed by atoms with Crippen LogP contribution >= 0.6 is 0 Å². The molecule has 29 heavy (non-hydrogen) atoms. The van der Waals surface area contributed by atoms with E-state index in [1.165, 1.54) is 18.6 Å². The highest BCUT2D eigenvalue weighted by molar-refractivity contribution is 5.80. The van der Waals surface area contributed by atoms with Crippen molar-refractivity contribution in [2.75, 3.05) is 18.0 Å². The number of aryl methyl sites for hydroxylation is 2. The summed E-state index contributed by atoms with van der Waals surface area (Å²) >= 11 is 0. The van der Waals surface area contributed by atoms with Gasteiger partial charge < -0.3 is 9.47 Å². The molecule has 9 heteroatoms. The second kappa shape index (κ2) is 7.20. The van der Waals surface area contributed by atoms with E-state index in [2.05, 4.69) is 26.2 Å². The average Bonchev–Trinajstić information content (AvgIpc) is 3.15. The zero-order chi connectivity index (χ0) is 20.6. The van der Waals surface area contributed by atoms with Gasteiger partial charge in [-0.1, -0.05) is 0 Å². The predicted molar refractivity (Wildman–Crippen MR) is 102 cm³/mol. The maximum atomic E-state index is 15.5. The molecule has 0 aromatic carbocycles. The van der Waals surface area contributed by atoms with Gasteiger partial charge in [0.1, 0.15) is 12.4 Å². The van der Waals surface area contributed by atoms with Crippen LogP contribution in [0.3, 0.4) is 0 Å². The van der Waals surface area contributed by atoms with Crippen LogP contribution < -0.4 is 4.90 Å². The van der Waals surface area contributed by atoms with Crippen molar-refractivity contribution < 1.29 is 8.78 Å². The highest BCUT2D eigenvalue weighted by Gasteiger charge is 2.41. The van der Waals surface area contributed by atoms with Crippen LogP contribution in [0, 0.1) is 24.2 Å². The van der Waals surface area contributed by atoms with Gasteiger partial charge in [-0.3, -0.25) is 4.98 Å². The van der Waals surface area contributed by atoms with E-state index in [0.717, 1.165) is 0 Å². The molecule has 3 aromatic rings. The minimum absolute atomic E-state index is 0.208. The summed E-state index contributed by atoms with van der Waals surface area (Å²) in [5.74, 6) is -0.282. The molecule has 148 valence electrons. The van der Waals surface area contributed by atoms with Gasteiger partial charge in [-0.15, -0.1) is 10.2 Å². The molecule has 0 atom stereocenters. The van der Waals surface area contributed by atoms with Crippen molar-refractivity contribution in [2.45, 2.75) is 25.4 Å². The molecule has 1 aliphatic rings. The summed E-state index contributed by atoms with van der Waals surface area (Å²) in [4.78, 5) is 10.2. The third-order valence-corrected chi connectivity index (χ3v) is 5.23. The average molecular weight is 395 g/mol. The number of alkyl halides is 1. The van der Waals surface area contributed by atoms with E-state index < -0.39 is 11.6 Å². The van der Waals surface area contributed by atoms with Crippen LogP contribution in [0.25, 0.3) is 11.3 Å². The van der Waals surface area contributed by atoms with Gasteiger partial charge in [0, 0.05) is 50.4 Å². The van der Waals surface area contributed by atoms with Gasteiger partial charge in [-0.2, -0.15) is 9.65 Å². The molecule has 1 aliphatic heterocycles. The number of pyridine rings is 2. The maximum absolute atomic E-state index is 15.5. The lowest BCUT2D eigenvalue weighted by Crippen LogP contribution is -2.42. The summed E-state index contributed by atoms with van der Waals surface area (Å²) in [7, 11) is 1.72. The lowest BCUT2D eigenvalue weighted by atomic mass is 9.91. The molecule has 1 saturated heterocycles. The maximum Gasteiger partial charge on any atom is 0.212 e. The Hall–Kier alpha value is -3.41. The van der Waals surface area contributed by atoms with Gasteiger partial charge in [0.2, 0.25) is 5.95 Å². The first kappa shape index (κ1) is 18.9. The van der Waals surface area contributed by atoms with Crippen LogP contribution in [0.2, 0.25) is 0 Å². The fourth-order valence-corrected chi connectivity index (χ4v) is 3.79. The van der Waals surface area contributed by atoms with Gasteiger partial charge in [0.05, 0.1) is 16.9 Å². The number of rotatable bonds is 3. The van der Waals surface area contributed by atoms with Gasteiger partial charge in [-0.25, -0.2) is 9.37 Å². The summed E-state index contributed by atoms with van der Waals surface area (Å²) in [6.45, 7) is 2.55. The molecular formula is C20H19F2N7. The van der Waals surface area contributed by atoms with Crippen LogP contribution in [0.5, 0.6) is 0 Å². The zero-order valence-electron chi connectivity index (χ0n) is 16.1. The van der Waals surface area contributed by atoms with Gasteiger partial charge in [-0.05, 0) is 25.1 Å². The second-order valence-corrected chi connectivity index (χ2v) is 7.21. The van der Waals surface area contributed by atoms with Gasteiger partial charge in [0.25, 0.3) is 0 Å². The van der Waals surface area contributed by atoms with Crippen molar-refractivity contribution in [2.24, 2.45) is 7.05 Å². The smallest absolute Gasteiger partial charge is 0.212 e. The standard InChI is InChI=1S/C20H19F2N7/c1-13-9-15(10-23)18(17(26-13)14-3-4-16(21)24-11-14)29-7-5-20(22,6-8-29)19-27-25-12-28(19)2/h3-4,9,11-12H,5-8H2,1-2H3. The van der Waals surface area contributed by atoms with Crippen LogP contribution in [-0.4, -0.2) is 37.8 Å². The van der Waals surface area contributed by atoms with Crippen molar-refractivity contribution in [1.29, 1.82) is 5.26 Å². The first-order chi connectivity index (χ1) is 13.9. The monoisotopic (exact) mass is 395 g/mol. The van der Waals surface area contributed by atoms with E-state index in [0.29, 0.717) is 47.1 Å². The van der Waals surface area contributed by atoms with E-state index in [1.807, 2.05) is 4.90 Å². The van der Waals surface area contributed by atoms with Gasteiger partial charge >= 0.3 is 0 Å². The molecule has 0 aliphatic carbocycles. The highest BCUT2D eigenvalue weighted by atomic mass is 19.1. The number of nitriles is 1. The zero-order valence-corrected chi connectivity index (χ0v) is 16.1. The Kier molecular flexibility index (Phi) is 4.70. The quantitative estimate of drug-likeness (QED) is 0.634. The Morgan fingerprint density at radius 1 is 1.24 bits per heavy atom. The van der Waals surface area contributed by atoms with E-state index >= 15 is 4.39 Å². The van der Waals surface area contributed by atoms with E-state index in [1.54, 1.807) is 30.7 Å². The minimum atomic E-state index is -1.58. The first-order valence-corrected chi connectivity index (χ1v) is 9.23. The molecule has 0 N–H and O–H groups in total. The van der Waals surface area contributed by atoms with Crippen molar-refractivity contribution >= 4 is 5.69 Å². The molecule has 4 heterocycles. The molecule has 1 fully saturated rings. The van der Waals surface area contributed by atoms with Crippen LogP contribution in [0.15, 0.2) is 30.7 Å². The number of hydrogen-bond donors (Lipinski definition) is 0. The molecule has 3 aromatic heterocycles. The van der Waals surface area contributed by atoms with Crippen molar-refractivity contribution in [3.05, 3.63) is 53.8 Å².